The molecule has 0 atom stereocenters. The molecular formula is C14H17NOS. The normalized spacial score (nSPS) is 18.9. The molecule has 1 saturated heterocycles. The van der Waals surface area contributed by atoms with Crippen LogP contribution in [0.15, 0.2) is 29.6 Å². The van der Waals surface area contributed by atoms with Gasteiger partial charge in [0.25, 0.3) is 0 Å². The molecule has 90 valence electrons. The highest BCUT2D eigenvalue weighted by atomic mass is 32.1. The van der Waals surface area contributed by atoms with Crippen LogP contribution in [0.25, 0.3) is 10.1 Å². The van der Waals surface area contributed by atoms with Crippen LogP contribution in [-0.4, -0.2) is 29.2 Å². The Balaban J connectivity index is 1.76. The maximum atomic E-state index is 9.50. The topological polar surface area (TPSA) is 23.5 Å². The van der Waals surface area contributed by atoms with Gasteiger partial charge in [-0.1, -0.05) is 18.2 Å². The number of benzene rings is 1. The largest absolute Gasteiger partial charge is 0.393 e. The van der Waals surface area contributed by atoms with Crippen molar-refractivity contribution in [1.82, 2.24) is 4.90 Å². The van der Waals surface area contributed by atoms with Crippen molar-refractivity contribution in [1.29, 1.82) is 0 Å². The molecule has 1 N–H and O–H groups in total. The van der Waals surface area contributed by atoms with Crippen molar-refractivity contribution in [2.24, 2.45) is 0 Å². The Kier molecular flexibility index (Phi) is 3.14. The Hall–Kier alpha value is -0.900. The molecule has 0 unspecified atom stereocenters. The number of fused-ring (bicyclic) bond motifs is 1. The maximum absolute atomic E-state index is 9.50. The van der Waals surface area contributed by atoms with E-state index < -0.39 is 0 Å². The molecule has 3 heteroatoms. The molecule has 0 radical (unpaired) electrons. The van der Waals surface area contributed by atoms with Crippen LogP contribution in [0.3, 0.4) is 0 Å². The number of likely N-dealkylation sites (tertiary alicyclic amines) is 1. The third-order valence-corrected chi connectivity index (χ3v) is 4.52. The van der Waals surface area contributed by atoms with Gasteiger partial charge in [-0.05, 0) is 35.2 Å². The fraction of sp³-hybridized carbons (Fsp3) is 0.429. The molecule has 1 aromatic heterocycles. The lowest BCUT2D eigenvalue weighted by Gasteiger charge is -2.29. The van der Waals surface area contributed by atoms with Gasteiger partial charge < -0.3 is 5.11 Å². The zero-order valence-corrected chi connectivity index (χ0v) is 10.6. The highest BCUT2D eigenvalue weighted by Crippen LogP contribution is 2.27. The van der Waals surface area contributed by atoms with Crippen molar-refractivity contribution < 1.29 is 5.11 Å². The van der Waals surface area contributed by atoms with Crippen molar-refractivity contribution in [3.05, 3.63) is 35.2 Å². The van der Waals surface area contributed by atoms with Gasteiger partial charge in [0.05, 0.1) is 6.10 Å². The maximum Gasteiger partial charge on any atom is 0.0564 e. The SMILES string of the molecule is OC1CCN(Cc2csc3ccccc23)CC1. The minimum atomic E-state index is -0.0783. The monoisotopic (exact) mass is 247 g/mol. The van der Waals surface area contributed by atoms with Crippen molar-refractivity contribution in [2.75, 3.05) is 13.1 Å². The van der Waals surface area contributed by atoms with Crippen LogP contribution in [0.1, 0.15) is 18.4 Å². The van der Waals surface area contributed by atoms with E-state index in [1.54, 1.807) is 0 Å². The lowest BCUT2D eigenvalue weighted by Crippen LogP contribution is -2.35. The number of nitrogens with zero attached hydrogens (tertiary/aromatic N) is 1. The molecule has 1 aliphatic heterocycles. The van der Waals surface area contributed by atoms with E-state index in [-0.39, 0.29) is 6.10 Å². The summed E-state index contributed by atoms with van der Waals surface area (Å²) >= 11 is 1.83. The lowest BCUT2D eigenvalue weighted by molar-refractivity contribution is 0.0795. The third-order valence-electron chi connectivity index (χ3n) is 3.51. The number of aliphatic hydroxyl groups is 1. The molecule has 2 aromatic rings. The van der Waals surface area contributed by atoms with Crippen molar-refractivity contribution >= 4 is 21.4 Å². The van der Waals surface area contributed by atoms with Gasteiger partial charge in [0.15, 0.2) is 0 Å². The second-order valence-corrected chi connectivity index (χ2v) is 5.68. The zero-order chi connectivity index (χ0) is 11.7. The third kappa shape index (κ3) is 2.37. The second-order valence-electron chi connectivity index (χ2n) is 4.76. The highest BCUT2D eigenvalue weighted by Gasteiger charge is 2.17. The van der Waals surface area contributed by atoms with Crippen LogP contribution in [0.4, 0.5) is 0 Å². The van der Waals surface area contributed by atoms with E-state index in [4.69, 9.17) is 0 Å². The van der Waals surface area contributed by atoms with Crippen molar-refractivity contribution in [3.8, 4) is 0 Å². The molecule has 0 saturated carbocycles. The Bertz CT molecular complexity index is 500. The molecule has 2 heterocycles. The van der Waals surface area contributed by atoms with Gasteiger partial charge in [-0.3, -0.25) is 4.90 Å². The molecule has 1 aliphatic rings. The van der Waals surface area contributed by atoms with Crippen LogP contribution in [0.5, 0.6) is 0 Å². The summed E-state index contributed by atoms with van der Waals surface area (Å²) in [5.41, 5.74) is 1.43. The van der Waals surface area contributed by atoms with Gasteiger partial charge in [0, 0.05) is 24.3 Å². The lowest BCUT2D eigenvalue weighted by atomic mass is 10.1. The number of hydrogen-bond donors (Lipinski definition) is 1. The molecule has 2 nitrogen and oxygen atoms in total. The summed E-state index contributed by atoms with van der Waals surface area (Å²) in [5, 5.41) is 13.2. The zero-order valence-electron chi connectivity index (χ0n) is 9.80. The number of thiophene rings is 1. The van der Waals surface area contributed by atoms with E-state index in [0.29, 0.717) is 0 Å². The summed E-state index contributed by atoms with van der Waals surface area (Å²) < 4.78 is 1.37. The predicted molar refractivity (Wildman–Crippen MR) is 72.3 cm³/mol. The first-order valence-electron chi connectivity index (χ1n) is 6.18. The van der Waals surface area contributed by atoms with E-state index >= 15 is 0 Å². The number of piperidine rings is 1. The molecule has 3 rings (SSSR count). The van der Waals surface area contributed by atoms with Crippen molar-refractivity contribution in [2.45, 2.75) is 25.5 Å². The van der Waals surface area contributed by atoms with Gasteiger partial charge in [-0.2, -0.15) is 0 Å². The molecular weight excluding hydrogens is 230 g/mol. The molecule has 0 bridgehead atoms. The summed E-state index contributed by atoms with van der Waals surface area (Å²) in [6.45, 7) is 3.06. The first-order chi connectivity index (χ1) is 8.33. The van der Waals surface area contributed by atoms with Gasteiger partial charge >= 0.3 is 0 Å². The quantitative estimate of drug-likeness (QED) is 0.882. The molecule has 0 amide bonds. The molecule has 0 spiro atoms. The minimum Gasteiger partial charge on any atom is -0.393 e. The summed E-state index contributed by atoms with van der Waals surface area (Å²) in [5.74, 6) is 0. The first-order valence-corrected chi connectivity index (χ1v) is 7.06. The average Bonchev–Trinajstić information content (AvgIpc) is 2.76. The summed E-state index contributed by atoms with van der Waals surface area (Å²) in [4.78, 5) is 2.45. The van der Waals surface area contributed by atoms with Crippen LogP contribution in [0.2, 0.25) is 0 Å². The van der Waals surface area contributed by atoms with Crippen LogP contribution in [-0.2, 0) is 6.54 Å². The van der Waals surface area contributed by atoms with Crippen LogP contribution in [0, 0.1) is 0 Å². The fourth-order valence-corrected chi connectivity index (χ4v) is 3.43. The number of hydrogen-bond acceptors (Lipinski definition) is 3. The van der Waals surface area contributed by atoms with E-state index in [0.717, 1.165) is 32.5 Å². The van der Waals surface area contributed by atoms with Gasteiger partial charge in [0.2, 0.25) is 0 Å². The summed E-state index contributed by atoms with van der Waals surface area (Å²) in [6.07, 6.45) is 1.76. The second kappa shape index (κ2) is 4.77. The predicted octanol–water partition coefficient (Wildman–Crippen LogP) is 2.86. The van der Waals surface area contributed by atoms with E-state index in [9.17, 15) is 5.11 Å². The Morgan fingerprint density at radius 1 is 1.24 bits per heavy atom. The van der Waals surface area contributed by atoms with Gasteiger partial charge in [0.1, 0.15) is 0 Å². The van der Waals surface area contributed by atoms with Crippen LogP contribution >= 0.6 is 11.3 Å². The molecule has 17 heavy (non-hydrogen) atoms. The van der Waals surface area contributed by atoms with E-state index in [1.807, 2.05) is 11.3 Å². The number of aliphatic hydroxyl groups excluding tert-OH is 1. The Morgan fingerprint density at radius 2 is 2.00 bits per heavy atom. The van der Waals surface area contributed by atoms with Crippen molar-refractivity contribution in [3.63, 3.8) is 0 Å². The van der Waals surface area contributed by atoms with Crippen LogP contribution < -0.4 is 0 Å². The summed E-state index contributed by atoms with van der Waals surface area (Å²) in [6, 6.07) is 8.60. The summed E-state index contributed by atoms with van der Waals surface area (Å²) in [7, 11) is 0. The molecule has 1 aromatic carbocycles. The van der Waals surface area contributed by atoms with Gasteiger partial charge in [-0.25, -0.2) is 0 Å². The smallest absolute Gasteiger partial charge is 0.0564 e. The Morgan fingerprint density at radius 3 is 2.82 bits per heavy atom. The first kappa shape index (κ1) is 11.2. The molecule has 0 aliphatic carbocycles. The Labute approximate surface area is 105 Å². The standard InChI is InChI=1S/C14H17NOS/c16-12-5-7-15(8-6-12)9-11-10-17-14-4-2-1-3-13(11)14/h1-4,10,12,16H,5-9H2. The average molecular weight is 247 g/mol. The highest BCUT2D eigenvalue weighted by molar-refractivity contribution is 7.17. The minimum absolute atomic E-state index is 0.0783. The fourth-order valence-electron chi connectivity index (χ4n) is 2.47. The van der Waals surface area contributed by atoms with E-state index in [2.05, 4.69) is 34.5 Å². The molecule has 1 fully saturated rings. The number of rotatable bonds is 2. The van der Waals surface area contributed by atoms with E-state index in [1.165, 1.54) is 15.6 Å². The van der Waals surface area contributed by atoms with Gasteiger partial charge in [-0.15, -0.1) is 11.3 Å².